The second-order valence-electron chi connectivity index (χ2n) is 8.53. The predicted molar refractivity (Wildman–Crippen MR) is 111 cm³/mol. The summed E-state index contributed by atoms with van der Waals surface area (Å²) >= 11 is 4.64. The van der Waals surface area contributed by atoms with Gasteiger partial charge in [0.25, 0.3) is 0 Å². The number of hydrogen-bond acceptors (Lipinski definition) is 2. The van der Waals surface area contributed by atoms with E-state index < -0.39 is 0 Å². The molecular formula is C21H40S2. The highest BCUT2D eigenvalue weighted by Gasteiger charge is 2.36. The normalized spacial score (nSPS) is 35.3. The van der Waals surface area contributed by atoms with E-state index in [9.17, 15) is 0 Å². The van der Waals surface area contributed by atoms with Crippen LogP contribution in [0.5, 0.6) is 0 Å². The molecule has 0 atom stereocenters. The van der Waals surface area contributed by atoms with E-state index in [1.165, 1.54) is 88.6 Å². The first kappa shape index (κ1) is 20.0. The van der Waals surface area contributed by atoms with Gasteiger partial charge in [0.05, 0.1) is 4.58 Å². The van der Waals surface area contributed by atoms with Crippen LogP contribution in [0.25, 0.3) is 0 Å². The molecule has 2 aliphatic rings. The van der Waals surface area contributed by atoms with Crippen molar-refractivity contribution in [1.82, 2.24) is 0 Å². The molecule has 136 valence electrons. The topological polar surface area (TPSA) is 0 Å². The second-order valence-corrected chi connectivity index (χ2v) is 11.1. The van der Waals surface area contributed by atoms with Gasteiger partial charge < -0.3 is 0 Å². The molecule has 1 heterocycles. The van der Waals surface area contributed by atoms with Crippen molar-refractivity contribution in [2.45, 2.75) is 102 Å². The number of thioether (sulfide) groups is 2. The van der Waals surface area contributed by atoms with Crippen LogP contribution >= 0.6 is 23.5 Å². The van der Waals surface area contributed by atoms with Crippen LogP contribution in [0, 0.1) is 17.3 Å². The molecule has 0 spiro atoms. The maximum Gasteiger partial charge on any atom is 0.0531 e. The molecule has 0 aromatic carbocycles. The van der Waals surface area contributed by atoms with Gasteiger partial charge in [0.1, 0.15) is 0 Å². The standard InChI is InChI=1S/C21H40S2/c1-4-6-8-10-18-11-13-19(14-12-18)20-22-16-21(3,17-23-20)15-9-7-5-2/h18-20H,4-17H2,1-3H3/t18?,19?,20-,21-. The van der Waals surface area contributed by atoms with Crippen molar-refractivity contribution in [3.8, 4) is 0 Å². The molecule has 0 bridgehead atoms. The quantitative estimate of drug-likeness (QED) is 0.387. The van der Waals surface area contributed by atoms with Crippen molar-refractivity contribution in [3.05, 3.63) is 0 Å². The number of rotatable bonds is 9. The van der Waals surface area contributed by atoms with Gasteiger partial charge in [-0.05, 0) is 36.5 Å². The SMILES string of the molecule is CCCCCC1CCC([C@H]2SC[C@](C)(CCCCC)CS2)CC1. The number of unbranched alkanes of at least 4 members (excludes halogenated alkanes) is 4. The minimum absolute atomic E-state index is 0.623. The van der Waals surface area contributed by atoms with Crippen LogP contribution in [0.2, 0.25) is 0 Å². The third kappa shape index (κ3) is 6.84. The highest BCUT2D eigenvalue weighted by Crippen LogP contribution is 2.49. The van der Waals surface area contributed by atoms with Gasteiger partial charge in [0, 0.05) is 11.5 Å². The Morgan fingerprint density at radius 1 is 0.826 bits per heavy atom. The molecule has 23 heavy (non-hydrogen) atoms. The van der Waals surface area contributed by atoms with Crippen molar-refractivity contribution in [3.63, 3.8) is 0 Å². The first-order valence-electron chi connectivity index (χ1n) is 10.4. The summed E-state index contributed by atoms with van der Waals surface area (Å²) in [7, 11) is 0. The largest absolute Gasteiger partial charge is 0.147 e. The Bertz CT molecular complexity index is 299. The van der Waals surface area contributed by atoms with Crippen LogP contribution in [-0.4, -0.2) is 16.1 Å². The maximum absolute atomic E-state index is 2.55. The van der Waals surface area contributed by atoms with Gasteiger partial charge in [0.15, 0.2) is 0 Å². The molecule has 0 aromatic rings. The fourth-order valence-corrected chi connectivity index (χ4v) is 7.94. The molecule has 0 N–H and O–H groups in total. The van der Waals surface area contributed by atoms with Crippen molar-refractivity contribution in [1.29, 1.82) is 0 Å². The van der Waals surface area contributed by atoms with Crippen LogP contribution in [0.1, 0.15) is 97.8 Å². The summed E-state index contributed by atoms with van der Waals surface area (Å²) in [6.45, 7) is 7.19. The van der Waals surface area contributed by atoms with E-state index in [-0.39, 0.29) is 0 Å². The fraction of sp³-hybridized carbons (Fsp3) is 1.00. The van der Waals surface area contributed by atoms with E-state index >= 15 is 0 Å². The fourth-order valence-electron chi connectivity index (χ4n) is 4.31. The lowest BCUT2D eigenvalue weighted by molar-refractivity contribution is 0.268. The molecule has 2 rings (SSSR count). The van der Waals surface area contributed by atoms with E-state index in [1.54, 1.807) is 0 Å². The summed E-state index contributed by atoms with van der Waals surface area (Å²) in [5.41, 5.74) is 0.623. The molecular weight excluding hydrogens is 316 g/mol. The van der Waals surface area contributed by atoms with Crippen LogP contribution in [0.4, 0.5) is 0 Å². The smallest absolute Gasteiger partial charge is 0.0531 e. The minimum Gasteiger partial charge on any atom is -0.147 e. The molecule has 0 radical (unpaired) electrons. The average Bonchev–Trinajstić information content (AvgIpc) is 2.57. The minimum atomic E-state index is 0.623. The Hall–Kier alpha value is 0.700. The summed E-state index contributed by atoms with van der Waals surface area (Å²) in [6.07, 6.45) is 17.6. The summed E-state index contributed by atoms with van der Waals surface area (Å²) < 4.78 is 0.922. The van der Waals surface area contributed by atoms with Crippen LogP contribution in [-0.2, 0) is 0 Å². The van der Waals surface area contributed by atoms with Gasteiger partial charge in [-0.25, -0.2) is 0 Å². The van der Waals surface area contributed by atoms with E-state index in [2.05, 4.69) is 44.3 Å². The monoisotopic (exact) mass is 356 g/mol. The molecule has 0 amide bonds. The molecule has 1 aliphatic carbocycles. The summed E-state index contributed by atoms with van der Waals surface area (Å²) in [6, 6.07) is 0. The van der Waals surface area contributed by atoms with Crippen LogP contribution in [0.3, 0.4) is 0 Å². The van der Waals surface area contributed by atoms with Crippen LogP contribution < -0.4 is 0 Å². The third-order valence-corrected chi connectivity index (χ3v) is 10.0. The summed E-state index contributed by atoms with van der Waals surface area (Å²) in [5.74, 6) is 4.93. The highest BCUT2D eigenvalue weighted by molar-refractivity contribution is 8.17. The maximum atomic E-state index is 2.55. The lowest BCUT2D eigenvalue weighted by Crippen LogP contribution is -2.33. The van der Waals surface area contributed by atoms with Gasteiger partial charge in [0.2, 0.25) is 0 Å². The number of hydrogen-bond donors (Lipinski definition) is 0. The zero-order valence-electron chi connectivity index (χ0n) is 15.9. The molecule has 0 nitrogen and oxygen atoms in total. The first-order valence-corrected chi connectivity index (χ1v) is 12.5. The Balaban J connectivity index is 1.64. The zero-order chi connectivity index (χ0) is 16.5. The Morgan fingerprint density at radius 3 is 2.04 bits per heavy atom. The summed E-state index contributed by atoms with van der Waals surface area (Å²) in [4.78, 5) is 0. The Labute approximate surface area is 154 Å². The molecule has 2 fully saturated rings. The molecule has 1 saturated heterocycles. The van der Waals surface area contributed by atoms with E-state index in [4.69, 9.17) is 0 Å². The predicted octanol–water partition coefficient (Wildman–Crippen LogP) is 7.77. The second kappa shape index (κ2) is 10.6. The molecule has 1 aliphatic heterocycles. The molecule has 0 unspecified atom stereocenters. The average molecular weight is 357 g/mol. The lowest BCUT2D eigenvalue weighted by atomic mass is 9.80. The molecule has 2 heteroatoms. The molecule has 1 saturated carbocycles. The van der Waals surface area contributed by atoms with Crippen molar-refractivity contribution >= 4 is 23.5 Å². The Morgan fingerprint density at radius 2 is 1.43 bits per heavy atom. The molecule has 0 aromatic heterocycles. The van der Waals surface area contributed by atoms with Crippen molar-refractivity contribution < 1.29 is 0 Å². The van der Waals surface area contributed by atoms with Gasteiger partial charge >= 0.3 is 0 Å². The van der Waals surface area contributed by atoms with E-state index in [0.717, 1.165) is 16.4 Å². The van der Waals surface area contributed by atoms with E-state index in [1.807, 2.05) is 0 Å². The highest BCUT2D eigenvalue weighted by atomic mass is 32.2. The Kier molecular flexibility index (Phi) is 9.26. The third-order valence-electron chi connectivity index (χ3n) is 6.07. The first-order chi connectivity index (χ1) is 11.2. The van der Waals surface area contributed by atoms with E-state index in [0.29, 0.717) is 5.41 Å². The van der Waals surface area contributed by atoms with Gasteiger partial charge in [-0.15, -0.1) is 23.5 Å². The van der Waals surface area contributed by atoms with Crippen molar-refractivity contribution in [2.24, 2.45) is 17.3 Å². The van der Waals surface area contributed by atoms with Gasteiger partial charge in [-0.2, -0.15) is 0 Å². The lowest BCUT2D eigenvalue weighted by Gasteiger charge is -2.41. The van der Waals surface area contributed by atoms with Crippen LogP contribution in [0.15, 0.2) is 0 Å². The van der Waals surface area contributed by atoms with Crippen molar-refractivity contribution in [2.75, 3.05) is 11.5 Å². The summed E-state index contributed by atoms with van der Waals surface area (Å²) in [5, 5.41) is 0. The van der Waals surface area contributed by atoms with Gasteiger partial charge in [-0.3, -0.25) is 0 Å². The zero-order valence-corrected chi connectivity index (χ0v) is 17.6. The van der Waals surface area contributed by atoms with Gasteiger partial charge in [-0.1, -0.05) is 78.6 Å².